The van der Waals surface area contributed by atoms with Crippen LogP contribution >= 0.6 is 0 Å². The van der Waals surface area contributed by atoms with Gasteiger partial charge in [0.25, 0.3) is 11.8 Å². The molecule has 13 rings (SSSR count). The number of carboxylic acid groups (broad SMARTS) is 2. The summed E-state index contributed by atoms with van der Waals surface area (Å²) in [5.74, 6) is -14.7. The summed E-state index contributed by atoms with van der Waals surface area (Å²) in [5.41, 5.74) is 1.45. The number of aryl methyl sites for hydroxylation is 2. The van der Waals surface area contributed by atoms with Crippen molar-refractivity contribution in [2.75, 3.05) is 53.9 Å². The number of nitrogens with one attached hydrogen (secondary N) is 4. The number of hydrogen-bond donors (Lipinski definition) is 24. The Balaban J connectivity index is 0.759. The quantitative estimate of drug-likeness (QED) is 0.0162. The summed E-state index contributed by atoms with van der Waals surface area (Å²) in [6.45, 7) is -0.368. The molecule has 42 atom stereocenters. The second kappa shape index (κ2) is 48.7. The molecule has 8 saturated heterocycles. The number of aliphatic hydroxyl groups is 20. The lowest BCUT2D eigenvalue weighted by atomic mass is 9.88. The molecule has 0 bridgehead atoms. The number of amides is 4. The summed E-state index contributed by atoms with van der Waals surface area (Å²) in [7, 11) is 1.98. The molecule has 142 heavy (non-hydrogen) atoms. The lowest BCUT2D eigenvalue weighted by Gasteiger charge is -2.52. The maximum absolute atomic E-state index is 15.0. The topological polar surface area (TPSA) is 767 Å². The smallest absolute Gasteiger partial charge is 0.251 e. The third-order valence-corrected chi connectivity index (χ3v) is 26.3. The second-order valence-electron chi connectivity index (χ2n) is 36.2. The monoisotopic (exact) mass is 2020 g/mol. The van der Waals surface area contributed by atoms with Crippen molar-refractivity contribution in [3.05, 3.63) is 131 Å². The van der Waals surface area contributed by atoms with Gasteiger partial charge in [-0.2, -0.15) is 0 Å². The Bertz CT molecular complexity index is 4710. The molecule has 0 aromatic heterocycles. The van der Waals surface area contributed by atoms with Gasteiger partial charge in [0, 0.05) is 52.0 Å². The third-order valence-electron chi connectivity index (χ3n) is 26.3. The summed E-state index contributed by atoms with van der Waals surface area (Å²) in [6, 6.07) is 23.6. The number of carboxylic acids is 2. The van der Waals surface area contributed by atoms with Gasteiger partial charge >= 0.3 is 0 Å². The highest BCUT2D eigenvalue weighted by molar-refractivity contribution is 6.00. The molecule has 0 spiro atoms. The van der Waals surface area contributed by atoms with Gasteiger partial charge in [0.05, 0.1) is 76.1 Å². The molecule has 50 heteroatoms. The predicted octanol–water partition coefficient (Wildman–Crippen LogP) is -11.4. The van der Waals surface area contributed by atoms with Crippen LogP contribution in [-0.4, -0.2) is 449 Å². The molecule has 8 aliphatic heterocycles. The molecule has 50 nitrogen and oxygen atoms in total. The van der Waals surface area contributed by atoms with Crippen molar-refractivity contribution >= 4 is 57.1 Å². The molecule has 8 heterocycles. The fourth-order valence-corrected chi connectivity index (χ4v) is 18.7. The molecule has 4 amide bonds. The zero-order valence-corrected chi connectivity index (χ0v) is 77.5. The van der Waals surface area contributed by atoms with Gasteiger partial charge in [-0.1, -0.05) is 84.9 Å². The zero-order valence-electron chi connectivity index (χ0n) is 77.5. The normalized spacial score (nSPS) is 38.7. The van der Waals surface area contributed by atoms with E-state index in [9.17, 15) is 132 Å². The van der Waals surface area contributed by atoms with Crippen LogP contribution in [0.25, 0.3) is 21.5 Å². The van der Waals surface area contributed by atoms with Gasteiger partial charge in [0.15, 0.2) is 50.3 Å². The van der Waals surface area contributed by atoms with Gasteiger partial charge in [-0.3, -0.25) is 19.2 Å². The van der Waals surface area contributed by atoms with Gasteiger partial charge in [0.2, 0.25) is 23.4 Å². The van der Waals surface area contributed by atoms with E-state index < -0.39 is 332 Å². The highest BCUT2D eigenvalue weighted by atomic mass is 16.8. The maximum Gasteiger partial charge on any atom is 0.251 e. The molecule has 0 aliphatic carbocycles. The van der Waals surface area contributed by atoms with E-state index in [2.05, 4.69) is 21.3 Å². The van der Waals surface area contributed by atoms with Gasteiger partial charge in [-0.25, -0.2) is 0 Å². The van der Waals surface area contributed by atoms with Crippen LogP contribution in [0.3, 0.4) is 0 Å². The number of ether oxygens (including phenoxy) is 18. The highest BCUT2D eigenvalue weighted by Gasteiger charge is 2.63. The molecule has 790 valence electrons. The van der Waals surface area contributed by atoms with E-state index in [1.165, 1.54) is 26.0 Å². The largest absolute Gasteiger partial charge is 0.544 e. The van der Waals surface area contributed by atoms with Crippen LogP contribution in [0, 0.1) is 0 Å². The minimum atomic E-state index is -3.35. The minimum Gasteiger partial charge on any atom is -0.544 e. The Hall–Kier alpha value is -8.08. The second-order valence-corrected chi connectivity index (χ2v) is 36.2. The van der Waals surface area contributed by atoms with Crippen LogP contribution in [0.5, 0.6) is 0 Å². The SMILES string of the molecule is CO[C@H]1O[C@@H](O[C@H]2[C@H](O[C@@H]3O[C@@H](C)[C@@H](O)[C@@H](O)[C@@H]3O)[C@@H](NC(=O)c3ccc4ccccc4c3)[C@H](OCCCc3cccc(CCCO[C@@H]4O[C@H](CO)[C@@H](O[C@@H]5O[C@H](OC)[C@H](O)[C@H](O[C@]6(C(=O)[O-])C[C@H](O)[C@@H](NC(C)=O)[C@H]([C@H](O)[C@H](O)CO)O6)[C@H]5O)[C@H](O[C@@H]5O[C@@H](C)[C@@H](O)[C@@H](O)[C@@H]5O)[C@H]4NC(=O)c4ccc5ccccc5c4)c3)O[C@@H]2CO)[C@H](O)[C@@H](O[C@]2(C(=O)[O-])C[C@H](O)[C@@H](NC(C)=O)[C@H]([C@H](O)[C@H](O)CO)O2)[C@H]1O. The zero-order chi connectivity index (χ0) is 103. The molecule has 5 aromatic rings. The number of aliphatic carboxylic acids is 2. The van der Waals surface area contributed by atoms with E-state index in [0.29, 0.717) is 21.9 Å². The molecule has 0 unspecified atom stereocenters. The average molecular weight is 2020 g/mol. The maximum atomic E-state index is 15.0. The van der Waals surface area contributed by atoms with E-state index in [1.54, 1.807) is 91.0 Å². The van der Waals surface area contributed by atoms with Crippen molar-refractivity contribution in [1.82, 2.24) is 21.3 Å². The van der Waals surface area contributed by atoms with Crippen LogP contribution in [-0.2, 0) is 117 Å². The summed E-state index contributed by atoms with van der Waals surface area (Å²) >= 11 is 0. The minimum absolute atomic E-state index is 0.0275. The molecule has 0 saturated carbocycles. The van der Waals surface area contributed by atoms with Crippen molar-refractivity contribution in [3.63, 3.8) is 0 Å². The van der Waals surface area contributed by atoms with Crippen molar-refractivity contribution < 1.29 is 226 Å². The van der Waals surface area contributed by atoms with Crippen molar-refractivity contribution in [2.45, 2.75) is 323 Å². The number of methoxy groups -OCH3 is 2. The predicted molar refractivity (Wildman–Crippen MR) is 466 cm³/mol. The molecule has 8 aliphatic rings. The first-order valence-electron chi connectivity index (χ1n) is 46.1. The lowest BCUT2D eigenvalue weighted by molar-refractivity contribution is -0.423. The first-order valence-corrected chi connectivity index (χ1v) is 46.1. The van der Waals surface area contributed by atoms with Crippen LogP contribution in [0.4, 0.5) is 0 Å². The Kier molecular flexibility index (Phi) is 38.1. The average Bonchev–Trinajstić information content (AvgIpc) is 0.747. The third kappa shape index (κ3) is 24.8. The van der Waals surface area contributed by atoms with Gasteiger partial charge < -0.3 is 228 Å². The number of rotatable bonds is 40. The van der Waals surface area contributed by atoms with Gasteiger partial charge in [0.1, 0.15) is 171 Å². The molecule has 0 radical (unpaired) electrons. The number of benzene rings is 5. The van der Waals surface area contributed by atoms with Crippen LogP contribution in [0.15, 0.2) is 109 Å². The number of fused-ring (bicyclic) bond motifs is 2. The van der Waals surface area contributed by atoms with Gasteiger partial charge in [-0.05, 0) is 96.5 Å². The van der Waals surface area contributed by atoms with E-state index in [0.717, 1.165) is 38.8 Å². The van der Waals surface area contributed by atoms with Crippen molar-refractivity contribution in [3.8, 4) is 0 Å². The Labute approximate surface area is 810 Å². The highest BCUT2D eigenvalue weighted by Crippen LogP contribution is 2.44. The van der Waals surface area contributed by atoms with E-state index >= 15 is 9.59 Å². The Morgan fingerprint density at radius 1 is 0.394 bits per heavy atom. The standard InChI is InChI=1S/C92H126N4O46/c1-37-59(107)63(111)65(113)85(129-37)135-75-57(95-79(119)47-24-22-43-18-7-9-20-45(43)29-47)81(131-53(35-99)71(75)133-87-69(117)77(67(115)83(125-5)137-87)141-91(89(121)122)31-49(103)55(93-39(3)101)73(139-91)61(109)51(105)33-97)127-26-12-16-41-14-11-15-42(28-41)17-13-27-128-82-58(96-80(120)48-25-23-44-19-8-10-21-46(44)30-48)76(136-86-66(114)64(112)60(108)38(2)130-86)72(54(36-100)132-82)134-88-70(118)78(68(116)84(126-6)138-88)142-92(90(123)124)32-50(104)56(94-40(4)102)74(140-92)62(110)52(106)34-98/h7-11,14-15,18-25,28-30,37-38,49-78,81-88,97-100,103-118H,12-13,16-17,26-27,31-36H2,1-6H3,(H,93,101)(H,94,102)(H,95,119)(H,96,120)(H,121,122)(H,123,124)/p-2/t37-,38-,49-,50-,51+,52+,53+,54+,55+,56+,57+,58+,59+,60+,61+,62+,63+,64+,65-,66-,67+,68+,69+,70+,71+,72+,73+,74+,75+,76+,77-,78-,81+,82+,83-,84-,85-,86-,87+,88+,91-,92-/m0/s1. The number of carbonyl (C=O) groups is 6. The Morgan fingerprint density at radius 2 is 0.746 bits per heavy atom. The fraction of sp³-hybridized carbons (Fsp3) is 0.652. The molecular weight excluding hydrogens is 1900 g/mol. The summed E-state index contributed by atoms with van der Waals surface area (Å²) in [5, 5.41) is 265. The van der Waals surface area contributed by atoms with Gasteiger partial charge in [-0.15, -0.1) is 0 Å². The van der Waals surface area contributed by atoms with Crippen LogP contribution < -0.4 is 31.5 Å². The van der Waals surface area contributed by atoms with E-state index in [-0.39, 0.29) is 50.0 Å². The molecular formula is C92H124N4O46-2. The number of carbonyl (C=O) groups excluding carboxylic acids is 6. The van der Waals surface area contributed by atoms with Crippen molar-refractivity contribution in [1.29, 1.82) is 0 Å². The molecule has 8 fully saturated rings. The fourth-order valence-electron chi connectivity index (χ4n) is 18.7. The first kappa shape index (κ1) is 111. The number of hydrogen-bond acceptors (Lipinski definition) is 46. The summed E-state index contributed by atoms with van der Waals surface area (Å²) < 4.78 is 110. The van der Waals surface area contributed by atoms with E-state index in [4.69, 9.17) is 85.3 Å². The Morgan fingerprint density at radius 3 is 1.09 bits per heavy atom. The van der Waals surface area contributed by atoms with Crippen molar-refractivity contribution in [2.24, 2.45) is 0 Å². The summed E-state index contributed by atoms with van der Waals surface area (Å²) in [4.78, 5) is 81.7. The van der Waals surface area contributed by atoms with Crippen LogP contribution in [0.1, 0.15) is 85.2 Å². The number of aliphatic hydroxyl groups excluding tert-OH is 20. The molecule has 24 N–H and O–H groups in total. The summed E-state index contributed by atoms with van der Waals surface area (Å²) in [6.07, 6.45) is -74.7. The lowest BCUT2D eigenvalue weighted by Crippen LogP contribution is -2.72. The van der Waals surface area contributed by atoms with Crippen LogP contribution in [0.2, 0.25) is 0 Å². The first-order chi connectivity index (χ1) is 67.6. The molecule has 5 aromatic carbocycles. The van der Waals surface area contributed by atoms with E-state index in [1.807, 2.05) is 6.07 Å².